The molecule has 1 aromatic rings. The molecule has 1 N–H and O–H groups in total. The van der Waals surface area contributed by atoms with Gasteiger partial charge in [0.1, 0.15) is 5.70 Å². The molecular formula is C18H24N2O2. The van der Waals surface area contributed by atoms with Crippen molar-refractivity contribution in [3.05, 3.63) is 41.6 Å². The zero-order valence-electron chi connectivity index (χ0n) is 13.3. The van der Waals surface area contributed by atoms with E-state index in [-0.39, 0.29) is 11.9 Å². The molecule has 4 nitrogen and oxygen atoms in total. The molecule has 22 heavy (non-hydrogen) atoms. The second-order valence-electron chi connectivity index (χ2n) is 5.73. The zero-order valence-corrected chi connectivity index (χ0v) is 13.3. The van der Waals surface area contributed by atoms with Crippen LogP contribution in [0.2, 0.25) is 0 Å². The number of urea groups is 1. The van der Waals surface area contributed by atoms with Crippen LogP contribution in [0, 0.1) is 5.92 Å². The average molecular weight is 300 g/mol. The minimum Gasteiger partial charge on any atom is -0.289 e. The Bertz CT molecular complexity index is 551. The van der Waals surface area contributed by atoms with Crippen molar-refractivity contribution in [2.75, 3.05) is 6.54 Å². The maximum Gasteiger partial charge on any atom is 0.329 e. The van der Waals surface area contributed by atoms with Gasteiger partial charge in [-0.05, 0) is 24.0 Å². The Hall–Kier alpha value is -2.10. The Labute approximate surface area is 132 Å². The number of carbonyl (C=O) groups is 2. The van der Waals surface area contributed by atoms with Gasteiger partial charge in [-0.3, -0.25) is 15.0 Å². The van der Waals surface area contributed by atoms with Crippen LogP contribution in [-0.4, -0.2) is 23.4 Å². The fourth-order valence-electron chi connectivity index (χ4n) is 2.67. The number of amides is 3. The van der Waals surface area contributed by atoms with Crippen molar-refractivity contribution < 1.29 is 9.59 Å². The van der Waals surface area contributed by atoms with Crippen molar-refractivity contribution in [3.8, 4) is 0 Å². The number of rotatable bonds is 7. The van der Waals surface area contributed by atoms with E-state index in [1.54, 1.807) is 11.0 Å². The van der Waals surface area contributed by atoms with Gasteiger partial charge in [-0.15, -0.1) is 0 Å². The summed E-state index contributed by atoms with van der Waals surface area (Å²) < 4.78 is 0. The Morgan fingerprint density at radius 1 is 1.18 bits per heavy atom. The minimum absolute atomic E-state index is 0.304. The summed E-state index contributed by atoms with van der Waals surface area (Å²) >= 11 is 0. The van der Waals surface area contributed by atoms with Crippen LogP contribution in [0.3, 0.4) is 0 Å². The number of hydrogen-bond donors (Lipinski definition) is 1. The quantitative estimate of drug-likeness (QED) is 0.615. The summed E-state index contributed by atoms with van der Waals surface area (Å²) in [6, 6.07) is 9.31. The van der Waals surface area contributed by atoms with Gasteiger partial charge in [-0.25, -0.2) is 4.79 Å². The molecular weight excluding hydrogens is 276 g/mol. The largest absolute Gasteiger partial charge is 0.329 e. The summed E-state index contributed by atoms with van der Waals surface area (Å²) in [5, 5.41) is 2.40. The summed E-state index contributed by atoms with van der Waals surface area (Å²) in [5.74, 6) is 0.120. The molecule has 1 aliphatic rings. The highest BCUT2D eigenvalue weighted by Gasteiger charge is 2.33. The molecule has 1 aromatic carbocycles. The Morgan fingerprint density at radius 3 is 2.55 bits per heavy atom. The highest BCUT2D eigenvalue weighted by molar-refractivity contribution is 6.13. The summed E-state index contributed by atoms with van der Waals surface area (Å²) in [6.07, 6.45) is 6.18. The number of unbranched alkanes of at least 4 members (excludes halogenated alkanes) is 1. The SMILES string of the molecule is CCCCC(CC)CN1C(=O)NC(=O)C1=Cc1ccccc1. The molecule has 0 spiro atoms. The first-order valence-electron chi connectivity index (χ1n) is 8.05. The van der Waals surface area contributed by atoms with Crippen molar-refractivity contribution in [3.63, 3.8) is 0 Å². The predicted octanol–water partition coefficient (Wildman–Crippen LogP) is 3.80. The number of nitrogens with one attached hydrogen (secondary N) is 1. The Morgan fingerprint density at radius 2 is 1.91 bits per heavy atom. The van der Waals surface area contributed by atoms with Gasteiger partial charge in [-0.1, -0.05) is 63.4 Å². The third-order valence-corrected chi connectivity index (χ3v) is 4.08. The lowest BCUT2D eigenvalue weighted by atomic mass is 9.98. The molecule has 1 unspecified atom stereocenters. The van der Waals surface area contributed by atoms with E-state index in [9.17, 15) is 9.59 Å². The van der Waals surface area contributed by atoms with Crippen molar-refractivity contribution in [2.45, 2.75) is 39.5 Å². The molecule has 0 saturated carbocycles. The van der Waals surface area contributed by atoms with Crippen LogP contribution in [0.5, 0.6) is 0 Å². The fraction of sp³-hybridized carbons (Fsp3) is 0.444. The lowest BCUT2D eigenvalue weighted by Crippen LogP contribution is -2.32. The van der Waals surface area contributed by atoms with Crippen LogP contribution in [0.1, 0.15) is 45.1 Å². The molecule has 4 heteroatoms. The monoisotopic (exact) mass is 300 g/mol. The van der Waals surface area contributed by atoms with Gasteiger partial charge < -0.3 is 0 Å². The molecule has 0 aromatic heterocycles. The lowest BCUT2D eigenvalue weighted by molar-refractivity contribution is -0.116. The van der Waals surface area contributed by atoms with Crippen LogP contribution >= 0.6 is 0 Å². The molecule has 1 saturated heterocycles. The first kappa shape index (κ1) is 16.3. The van der Waals surface area contributed by atoms with Crippen LogP contribution in [0.15, 0.2) is 36.0 Å². The van der Waals surface area contributed by atoms with Gasteiger partial charge in [0.2, 0.25) is 0 Å². The first-order valence-corrected chi connectivity index (χ1v) is 8.05. The smallest absolute Gasteiger partial charge is 0.289 e. The van der Waals surface area contributed by atoms with E-state index in [0.29, 0.717) is 18.2 Å². The Balaban J connectivity index is 2.17. The summed E-state index contributed by atoms with van der Waals surface area (Å²) in [4.78, 5) is 25.7. The number of carbonyl (C=O) groups excluding carboxylic acids is 2. The second kappa shape index (κ2) is 7.78. The zero-order chi connectivity index (χ0) is 15.9. The molecule has 0 bridgehead atoms. The number of hydrogen-bond acceptors (Lipinski definition) is 2. The predicted molar refractivity (Wildman–Crippen MR) is 88.0 cm³/mol. The van der Waals surface area contributed by atoms with E-state index in [2.05, 4.69) is 19.2 Å². The number of imide groups is 1. The minimum atomic E-state index is -0.306. The second-order valence-corrected chi connectivity index (χ2v) is 5.73. The summed E-state index contributed by atoms with van der Waals surface area (Å²) in [5.41, 5.74) is 1.38. The average Bonchev–Trinajstić information content (AvgIpc) is 2.79. The molecule has 118 valence electrons. The maximum absolute atomic E-state index is 12.1. The third-order valence-electron chi connectivity index (χ3n) is 4.08. The van der Waals surface area contributed by atoms with E-state index in [1.807, 2.05) is 30.3 Å². The fourth-order valence-corrected chi connectivity index (χ4v) is 2.67. The standard InChI is InChI=1S/C18H24N2O2/c1-3-5-9-14(4-2)13-20-16(17(21)19-18(20)22)12-15-10-7-6-8-11-15/h6-8,10-12,14H,3-5,9,13H2,1-2H3,(H,19,21,22). The topological polar surface area (TPSA) is 49.4 Å². The normalized spacial score (nSPS) is 17.9. The van der Waals surface area contributed by atoms with E-state index in [4.69, 9.17) is 0 Å². The molecule has 2 rings (SSSR count). The van der Waals surface area contributed by atoms with Crippen LogP contribution in [-0.2, 0) is 4.79 Å². The molecule has 3 amide bonds. The van der Waals surface area contributed by atoms with E-state index in [0.717, 1.165) is 31.2 Å². The van der Waals surface area contributed by atoms with Crippen LogP contribution in [0.25, 0.3) is 6.08 Å². The van der Waals surface area contributed by atoms with Gasteiger partial charge in [0.25, 0.3) is 5.91 Å². The van der Waals surface area contributed by atoms with E-state index < -0.39 is 0 Å². The molecule has 1 atom stereocenters. The van der Waals surface area contributed by atoms with Crippen molar-refractivity contribution in [2.24, 2.45) is 5.92 Å². The van der Waals surface area contributed by atoms with Gasteiger partial charge >= 0.3 is 6.03 Å². The molecule has 1 heterocycles. The third kappa shape index (κ3) is 3.97. The first-order chi connectivity index (χ1) is 10.7. The van der Waals surface area contributed by atoms with Crippen LogP contribution < -0.4 is 5.32 Å². The van der Waals surface area contributed by atoms with Crippen LogP contribution in [0.4, 0.5) is 4.79 Å². The number of benzene rings is 1. The van der Waals surface area contributed by atoms with E-state index in [1.165, 1.54) is 0 Å². The molecule has 0 radical (unpaired) electrons. The Kier molecular flexibility index (Phi) is 5.75. The maximum atomic E-state index is 12.1. The molecule has 1 fully saturated rings. The lowest BCUT2D eigenvalue weighted by Gasteiger charge is -2.22. The molecule has 0 aliphatic carbocycles. The summed E-state index contributed by atoms with van der Waals surface area (Å²) in [6.45, 7) is 4.91. The van der Waals surface area contributed by atoms with Crippen molar-refractivity contribution in [1.82, 2.24) is 10.2 Å². The molecule has 1 aliphatic heterocycles. The van der Waals surface area contributed by atoms with Gasteiger partial charge in [0.05, 0.1) is 0 Å². The van der Waals surface area contributed by atoms with Gasteiger partial charge in [0.15, 0.2) is 0 Å². The number of nitrogens with zero attached hydrogens (tertiary/aromatic N) is 1. The van der Waals surface area contributed by atoms with Gasteiger partial charge in [0, 0.05) is 6.54 Å². The van der Waals surface area contributed by atoms with Crippen molar-refractivity contribution >= 4 is 18.0 Å². The van der Waals surface area contributed by atoms with Crippen molar-refractivity contribution in [1.29, 1.82) is 0 Å². The highest BCUT2D eigenvalue weighted by Crippen LogP contribution is 2.22. The van der Waals surface area contributed by atoms with Gasteiger partial charge in [-0.2, -0.15) is 0 Å². The highest BCUT2D eigenvalue weighted by atomic mass is 16.2. The van der Waals surface area contributed by atoms with E-state index >= 15 is 0 Å². The summed E-state index contributed by atoms with van der Waals surface area (Å²) in [7, 11) is 0.